The van der Waals surface area contributed by atoms with E-state index in [4.69, 9.17) is 18.9 Å². The van der Waals surface area contributed by atoms with Crippen LogP contribution in [0.4, 0.5) is 0 Å². The molecule has 0 radical (unpaired) electrons. The molecule has 0 aromatic heterocycles. The van der Waals surface area contributed by atoms with Gasteiger partial charge in [-0.15, -0.1) is 0 Å². The first-order chi connectivity index (χ1) is 13.8. The Morgan fingerprint density at radius 2 is 1.52 bits per heavy atom. The third kappa shape index (κ3) is 3.65. The molecule has 6 heteroatoms. The molecule has 2 aromatic carbocycles. The lowest BCUT2D eigenvalue weighted by atomic mass is 9.95. The minimum atomic E-state index is -0.130. The van der Waals surface area contributed by atoms with Crippen LogP contribution in [-0.2, 0) is 6.42 Å². The van der Waals surface area contributed by atoms with Gasteiger partial charge in [-0.25, -0.2) is 0 Å². The Morgan fingerprint density at radius 1 is 0.862 bits per heavy atom. The van der Waals surface area contributed by atoms with Gasteiger partial charge in [-0.2, -0.15) is 0 Å². The van der Waals surface area contributed by atoms with Crippen molar-refractivity contribution in [3.8, 4) is 34.1 Å². The predicted octanol–water partition coefficient (Wildman–Crippen LogP) is 3.44. The van der Waals surface area contributed by atoms with Gasteiger partial charge in [0, 0.05) is 17.5 Å². The molecule has 0 bridgehead atoms. The van der Waals surface area contributed by atoms with Crippen LogP contribution >= 0.6 is 0 Å². The zero-order valence-electron chi connectivity index (χ0n) is 18.3. The normalized spacial score (nSPS) is 15.6. The highest BCUT2D eigenvalue weighted by atomic mass is 16.5. The van der Waals surface area contributed by atoms with Crippen molar-refractivity contribution in [2.45, 2.75) is 18.9 Å². The van der Waals surface area contributed by atoms with Gasteiger partial charge in [0.2, 0.25) is 11.2 Å². The van der Waals surface area contributed by atoms with Gasteiger partial charge in [-0.05, 0) is 41.8 Å². The van der Waals surface area contributed by atoms with Crippen LogP contribution in [0.5, 0.6) is 23.0 Å². The Balaban J connectivity index is 2.47. The topological polar surface area (TPSA) is 54.0 Å². The molecule has 6 nitrogen and oxygen atoms in total. The molecule has 3 rings (SSSR count). The van der Waals surface area contributed by atoms with Crippen molar-refractivity contribution in [2.24, 2.45) is 0 Å². The van der Waals surface area contributed by atoms with Crippen LogP contribution in [0.2, 0.25) is 0 Å². The summed E-state index contributed by atoms with van der Waals surface area (Å²) in [5, 5.41) is 0. The summed E-state index contributed by atoms with van der Waals surface area (Å²) >= 11 is 0. The number of rotatable bonds is 5. The summed E-state index contributed by atoms with van der Waals surface area (Å²) in [6, 6.07) is 7.55. The van der Waals surface area contributed by atoms with E-state index in [1.807, 2.05) is 12.1 Å². The SMILES string of the molecule is COc1cc2c(c(OC)c1OC)-c1ccc(OC)c(=O)cc1[C@H]([N+](C)(C)C)CC2. The van der Waals surface area contributed by atoms with Crippen molar-refractivity contribution >= 4 is 0 Å². The lowest BCUT2D eigenvalue weighted by Crippen LogP contribution is -2.39. The lowest BCUT2D eigenvalue weighted by Gasteiger charge is -2.34. The molecular weight excluding hydrogens is 370 g/mol. The zero-order chi connectivity index (χ0) is 21.3. The zero-order valence-corrected chi connectivity index (χ0v) is 18.3. The molecule has 0 saturated heterocycles. The highest BCUT2D eigenvalue weighted by Crippen LogP contribution is 2.51. The summed E-state index contributed by atoms with van der Waals surface area (Å²) in [4.78, 5) is 12.8. The molecule has 0 N–H and O–H groups in total. The van der Waals surface area contributed by atoms with Crippen molar-refractivity contribution < 1.29 is 23.4 Å². The quantitative estimate of drug-likeness (QED) is 0.720. The van der Waals surface area contributed by atoms with Crippen LogP contribution in [0.15, 0.2) is 29.1 Å². The average molecular weight is 400 g/mol. The number of ether oxygens (including phenoxy) is 4. The summed E-state index contributed by atoms with van der Waals surface area (Å²) < 4.78 is 23.0. The Bertz CT molecular complexity index is 978. The maximum absolute atomic E-state index is 12.8. The van der Waals surface area contributed by atoms with E-state index in [2.05, 4.69) is 21.1 Å². The third-order valence-corrected chi connectivity index (χ3v) is 5.62. The molecule has 0 unspecified atom stereocenters. The number of quaternary nitrogens is 1. The Morgan fingerprint density at radius 3 is 2.07 bits per heavy atom. The van der Waals surface area contributed by atoms with Gasteiger partial charge in [0.25, 0.3) is 0 Å². The fourth-order valence-corrected chi connectivity index (χ4v) is 4.25. The summed E-state index contributed by atoms with van der Waals surface area (Å²) in [5.41, 5.74) is 3.85. The minimum absolute atomic E-state index is 0.129. The first-order valence-corrected chi connectivity index (χ1v) is 9.62. The monoisotopic (exact) mass is 400 g/mol. The van der Waals surface area contributed by atoms with E-state index >= 15 is 0 Å². The van der Waals surface area contributed by atoms with Crippen LogP contribution in [0.3, 0.4) is 0 Å². The number of aryl methyl sites for hydroxylation is 1. The third-order valence-electron chi connectivity index (χ3n) is 5.62. The van der Waals surface area contributed by atoms with E-state index in [1.165, 1.54) is 7.11 Å². The molecule has 0 fully saturated rings. The smallest absolute Gasteiger partial charge is 0.220 e. The second kappa shape index (κ2) is 7.95. The van der Waals surface area contributed by atoms with E-state index in [0.717, 1.165) is 35.1 Å². The van der Waals surface area contributed by atoms with Crippen molar-refractivity contribution in [2.75, 3.05) is 49.6 Å². The van der Waals surface area contributed by atoms with Crippen LogP contribution in [0.1, 0.15) is 23.6 Å². The van der Waals surface area contributed by atoms with E-state index in [0.29, 0.717) is 27.5 Å². The van der Waals surface area contributed by atoms with Crippen LogP contribution < -0.4 is 24.4 Å². The Kier molecular flexibility index (Phi) is 5.75. The van der Waals surface area contributed by atoms with E-state index in [9.17, 15) is 4.79 Å². The van der Waals surface area contributed by atoms with Gasteiger partial charge in [0.1, 0.15) is 6.04 Å². The number of methoxy groups -OCH3 is 4. The van der Waals surface area contributed by atoms with Crippen LogP contribution in [-0.4, -0.2) is 54.1 Å². The number of fused-ring (bicyclic) bond motifs is 3. The molecule has 29 heavy (non-hydrogen) atoms. The average Bonchev–Trinajstić information content (AvgIpc) is 2.93. The Labute approximate surface area is 172 Å². The molecule has 156 valence electrons. The maximum Gasteiger partial charge on any atom is 0.220 e. The van der Waals surface area contributed by atoms with Gasteiger partial charge in [0.15, 0.2) is 17.2 Å². The first kappa shape index (κ1) is 21.0. The van der Waals surface area contributed by atoms with E-state index in [-0.39, 0.29) is 11.5 Å². The summed E-state index contributed by atoms with van der Waals surface area (Å²) in [7, 11) is 12.8. The van der Waals surface area contributed by atoms with Crippen molar-refractivity contribution in [1.29, 1.82) is 0 Å². The van der Waals surface area contributed by atoms with E-state index < -0.39 is 0 Å². The highest BCUT2D eigenvalue weighted by Gasteiger charge is 2.34. The van der Waals surface area contributed by atoms with Crippen molar-refractivity contribution in [3.63, 3.8) is 0 Å². The molecular formula is C23H30NO5+. The molecule has 0 heterocycles. The molecule has 0 aliphatic heterocycles. The second-order valence-corrected chi connectivity index (χ2v) is 8.13. The lowest BCUT2D eigenvalue weighted by molar-refractivity contribution is -0.902. The molecule has 1 atom stereocenters. The molecule has 2 aromatic rings. The van der Waals surface area contributed by atoms with Gasteiger partial charge < -0.3 is 23.4 Å². The van der Waals surface area contributed by atoms with Gasteiger partial charge >= 0.3 is 0 Å². The number of hydrogen-bond acceptors (Lipinski definition) is 5. The summed E-state index contributed by atoms with van der Waals surface area (Å²) in [6.45, 7) is 0. The van der Waals surface area contributed by atoms with Crippen molar-refractivity contribution in [1.82, 2.24) is 0 Å². The van der Waals surface area contributed by atoms with Gasteiger partial charge in [0.05, 0.1) is 49.6 Å². The van der Waals surface area contributed by atoms with Gasteiger partial charge in [-0.3, -0.25) is 4.79 Å². The molecule has 0 spiro atoms. The maximum atomic E-state index is 12.8. The summed E-state index contributed by atoms with van der Waals surface area (Å²) in [5.74, 6) is 2.11. The predicted molar refractivity (Wildman–Crippen MR) is 113 cm³/mol. The molecule has 0 saturated carbocycles. The van der Waals surface area contributed by atoms with Crippen molar-refractivity contribution in [3.05, 3.63) is 45.6 Å². The number of hydrogen-bond donors (Lipinski definition) is 0. The molecule has 0 amide bonds. The largest absolute Gasteiger partial charge is 0.493 e. The number of nitrogens with zero attached hydrogens (tertiary/aromatic N) is 1. The Hall–Kier alpha value is -2.73. The van der Waals surface area contributed by atoms with Gasteiger partial charge in [-0.1, -0.05) is 0 Å². The fraction of sp³-hybridized carbons (Fsp3) is 0.435. The minimum Gasteiger partial charge on any atom is -0.493 e. The van der Waals surface area contributed by atoms with Crippen LogP contribution in [0, 0.1) is 0 Å². The highest BCUT2D eigenvalue weighted by molar-refractivity contribution is 5.82. The fourth-order valence-electron chi connectivity index (χ4n) is 4.25. The van der Waals surface area contributed by atoms with Crippen LogP contribution in [0.25, 0.3) is 11.1 Å². The second-order valence-electron chi connectivity index (χ2n) is 8.13. The standard InChI is InChI=1S/C23H30NO5/c1-24(2,3)17-10-8-14-12-20(27-5)22(28-6)23(29-7)21(14)15-9-11-19(26-4)18(25)13-16(15)17/h9,11-13,17H,8,10H2,1-7H3/q+1/t17-/m1/s1. The molecule has 1 aliphatic carbocycles. The van der Waals surface area contributed by atoms with E-state index in [1.54, 1.807) is 33.5 Å². The first-order valence-electron chi connectivity index (χ1n) is 9.62. The number of benzene rings is 1. The summed E-state index contributed by atoms with van der Waals surface area (Å²) in [6.07, 6.45) is 1.71. The molecule has 1 aliphatic rings.